The van der Waals surface area contributed by atoms with E-state index in [0.29, 0.717) is 86.8 Å². The van der Waals surface area contributed by atoms with Crippen molar-refractivity contribution in [2.75, 3.05) is 64.4 Å². The second-order valence-corrected chi connectivity index (χ2v) is 18.8. The lowest BCUT2D eigenvalue weighted by Gasteiger charge is -2.30. The lowest BCUT2D eigenvalue weighted by Crippen LogP contribution is -2.33. The lowest BCUT2D eigenvalue weighted by molar-refractivity contribution is -0.438. The smallest absolute Gasteiger partial charge is 0.303 e. The molecule has 2 aliphatic rings. The van der Waals surface area contributed by atoms with Crippen LogP contribution in [0.5, 0.6) is 0 Å². The van der Waals surface area contributed by atoms with Crippen LogP contribution in [-0.4, -0.2) is 120 Å². The monoisotopic (exact) mass is 855 g/mol. The number of unbranched alkanes of at least 4 members (excludes halogenated alkanes) is 2. The number of hydrogen-bond acceptors (Lipinski definition) is 13. The van der Waals surface area contributed by atoms with Crippen LogP contribution in [0.1, 0.15) is 69.9 Å². The molecule has 0 amide bonds. The molecule has 0 bridgehead atoms. The molecule has 2 aliphatic heterocycles. The summed E-state index contributed by atoms with van der Waals surface area (Å²) in [6.45, 7) is 5.68. The molecule has 0 fully saturated rings. The van der Waals surface area contributed by atoms with Crippen molar-refractivity contribution in [1.82, 2.24) is 0 Å². The summed E-state index contributed by atoms with van der Waals surface area (Å²) in [6.07, 6.45) is 7.38. The van der Waals surface area contributed by atoms with Gasteiger partial charge in [0.15, 0.2) is 5.71 Å². The molecular formula is C38H51N2O14S3-. The number of allylic oxidation sites excluding steroid dienone is 4. The van der Waals surface area contributed by atoms with Crippen molar-refractivity contribution in [3.05, 3.63) is 71.5 Å². The van der Waals surface area contributed by atoms with Crippen molar-refractivity contribution in [1.29, 1.82) is 0 Å². The predicted molar refractivity (Wildman–Crippen MR) is 209 cm³/mol. The molecule has 0 saturated carbocycles. The third kappa shape index (κ3) is 11.4. The Balaban J connectivity index is 1.90. The van der Waals surface area contributed by atoms with E-state index in [-0.39, 0.29) is 35.7 Å². The summed E-state index contributed by atoms with van der Waals surface area (Å²) in [5.74, 6) is -1.58. The van der Waals surface area contributed by atoms with E-state index < -0.39 is 52.9 Å². The lowest BCUT2D eigenvalue weighted by atomic mass is 9.75. The van der Waals surface area contributed by atoms with Gasteiger partial charge in [-0.25, -0.2) is 16.8 Å². The Labute approximate surface area is 335 Å². The van der Waals surface area contributed by atoms with Crippen LogP contribution in [0, 0.1) is 0 Å². The molecule has 0 saturated heterocycles. The fourth-order valence-corrected chi connectivity index (χ4v) is 9.15. The van der Waals surface area contributed by atoms with Crippen LogP contribution in [0.25, 0.3) is 0 Å². The number of ether oxygens (including phenoxy) is 3. The molecule has 2 N–H and O–H groups in total. The van der Waals surface area contributed by atoms with Gasteiger partial charge in [0, 0.05) is 80.5 Å². The Morgan fingerprint density at radius 3 is 2.16 bits per heavy atom. The van der Waals surface area contributed by atoms with Crippen LogP contribution in [0.15, 0.2) is 70.1 Å². The summed E-state index contributed by atoms with van der Waals surface area (Å²) in [5.41, 5.74) is 1.75. The normalized spacial score (nSPS) is 20.5. The van der Waals surface area contributed by atoms with Gasteiger partial charge in [0.1, 0.15) is 16.7 Å². The number of fused-ring (bicyclic) bond motifs is 2. The van der Waals surface area contributed by atoms with Crippen molar-refractivity contribution in [3.63, 3.8) is 0 Å². The minimum Gasteiger partial charge on any atom is -0.748 e. The first kappa shape index (κ1) is 46.2. The van der Waals surface area contributed by atoms with E-state index in [2.05, 4.69) is 0 Å². The van der Waals surface area contributed by atoms with Crippen LogP contribution >= 0.6 is 0 Å². The van der Waals surface area contributed by atoms with Gasteiger partial charge in [-0.15, -0.1) is 0 Å². The Morgan fingerprint density at radius 2 is 1.53 bits per heavy atom. The van der Waals surface area contributed by atoms with Gasteiger partial charge in [-0.1, -0.05) is 6.08 Å². The average molecular weight is 856 g/mol. The average Bonchev–Trinajstić information content (AvgIpc) is 3.49. The van der Waals surface area contributed by atoms with E-state index in [4.69, 9.17) is 19.3 Å². The number of benzene rings is 2. The van der Waals surface area contributed by atoms with Crippen LogP contribution < -0.4 is 4.90 Å². The van der Waals surface area contributed by atoms with Crippen molar-refractivity contribution in [2.24, 2.45) is 0 Å². The molecule has 0 spiro atoms. The third-order valence-corrected chi connectivity index (χ3v) is 13.0. The Morgan fingerprint density at radius 1 is 0.842 bits per heavy atom. The number of rotatable bonds is 23. The molecule has 2 heterocycles. The summed E-state index contributed by atoms with van der Waals surface area (Å²) >= 11 is 0. The van der Waals surface area contributed by atoms with Gasteiger partial charge < -0.3 is 33.3 Å². The topological polar surface area (TPSA) is 240 Å². The van der Waals surface area contributed by atoms with Crippen LogP contribution in [0.4, 0.5) is 11.4 Å². The van der Waals surface area contributed by atoms with E-state index in [9.17, 15) is 43.7 Å². The van der Waals surface area contributed by atoms with Crippen LogP contribution in [-0.2, 0) is 60.2 Å². The van der Waals surface area contributed by atoms with Crippen LogP contribution in [0.3, 0.4) is 0 Å². The first-order chi connectivity index (χ1) is 26.7. The van der Waals surface area contributed by atoms with Crippen molar-refractivity contribution >= 4 is 53.4 Å². The molecule has 2 unspecified atom stereocenters. The number of anilines is 1. The highest BCUT2D eigenvalue weighted by Crippen LogP contribution is 2.51. The number of hydrogen-bond donors (Lipinski definition) is 2. The third-order valence-electron chi connectivity index (χ3n) is 10.6. The summed E-state index contributed by atoms with van der Waals surface area (Å²) in [4.78, 5) is 12.4. The maximum atomic E-state index is 12.3. The zero-order valence-electron chi connectivity index (χ0n) is 32.5. The zero-order chi connectivity index (χ0) is 42.2. The Bertz CT molecular complexity index is 2220. The standard InChI is InChI=1S/C38H52N2O14S3/c1-37(17-9-25-55(43,44)45)30-26-28(56(46,47)48)13-15-32(30)39(19-7-5-6-12-36(41)42)34(37)10-8-11-35-38(2,18-21-54-24-23-53-4)31-27-29(57(49,50)51)14-16-33(31)40(35)20-22-52-3/h8,10-11,13-16,26-27H,5-7,9,12,17-25H2,1-4H3,(H3-,41,42,43,44,45,46,47,48,49,50,51)/p-1. The minimum absolute atomic E-state index is 0.0138. The SMILES string of the molecule is COCCOCCC1(C)/C(=C\C=C\C2=[N+](CCCCCC(=O)O)c3ccc(S(=O)(=O)O)cc3C2(C)CCCS(=O)(=O)[O-])N(CCOC)c2ccc(S(=O)(=O)[O-])cc21. The van der Waals surface area contributed by atoms with Gasteiger partial charge in [-0.05, 0) is 87.9 Å². The molecule has 0 radical (unpaired) electrons. The second-order valence-electron chi connectivity index (χ2n) is 14.5. The highest BCUT2D eigenvalue weighted by Gasteiger charge is 2.48. The van der Waals surface area contributed by atoms with E-state index in [1.807, 2.05) is 28.6 Å². The van der Waals surface area contributed by atoms with Gasteiger partial charge in [-0.2, -0.15) is 13.0 Å². The Kier molecular flexibility index (Phi) is 15.4. The van der Waals surface area contributed by atoms with E-state index in [1.165, 1.54) is 24.3 Å². The number of methoxy groups -OCH3 is 2. The number of carboxylic acids is 1. The van der Waals surface area contributed by atoms with Crippen molar-refractivity contribution < 1.29 is 67.6 Å². The largest absolute Gasteiger partial charge is 0.748 e. The first-order valence-corrected chi connectivity index (χ1v) is 22.8. The van der Waals surface area contributed by atoms with Gasteiger partial charge in [0.2, 0.25) is 5.69 Å². The molecule has 2 atom stereocenters. The molecule has 2 aromatic carbocycles. The van der Waals surface area contributed by atoms with Gasteiger partial charge >= 0.3 is 5.97 Å². The van der Waals surface area contributed by atoms with Crippen molar-refractivity contribution in [2.45, 2.75) is 79.4 Å². The molecule has 316 valence electrons. The highest BCUT2D eigenvalue weighted by atomic mass is 32.2. The minimum atomic E-state index is -4.80. The molecule has 0 aliphatic carbocycles. The fraction of sp³-hybridized carbons (Fsp3) is 0.526. The Hall–Kier alpha value is -3.53. The molecule has 0 aromatic heterocycles. The van der Waals surface area contributed by atoms with Gasteiger partial charge in [-0.3, -0.25) is 9.35 Å². The maximum Gasteiger partial charge on any atom is 0.303 e. The summed E-state index contributed by atoms with van der Waals surface area (Å²) in [5, 5.41) is 9.15. The number of carboxylic acid groups (broad SMARTS) is 1. The molecule has 57 heavy (non-hydrogen) atoms. The quantitative estimate of drug-likeness (QED) is 0.0910. The number of nitrogens with zero attached hydrogens (tertiary/aromatic N) is 2. The predicted octanol–water partition coefficient (Wildman–Crippen LogP) is 4.08. The summed E-state index contributed by atoms with van der Waals surface area (Å²) < 4.78 is 124. The molecule has 4 rings (SSSR count). The maximum absolute atomic E-state index is 12.3. The van der Waals surface area contributed by atoms with Crippen LogP contribution in [0.2, 0.25) is 0 Å². The zero-order valence-corrected chi connectivity index (χ0v) is 35.0. The molecule has 16 nitrogen and oxygen atoms in total. The summed E-state index contributed by atoms with van der Waals surface area (Å²) in [6, 6.07) is 8.41. The van der Waals surface area contributed by atoms with Gasteiger partial charge in [0.25, 0.3) is 10.1 Å². The number of carbonyl (C=O) groups is 1. The second kappa shape index (κ2) is 19.0. The fourth-order valence-electron chi connectivity index (χ4n) is 7.65. The molecular weight excluding hydrogens is 805 g/mol. The summed E-state index contributed by atoms with van der Waals surface area (Å²) in [7, 11) is -10.9. The first-order valence-electron chi connectivity index (χ1n) is 18.4. The molecule has 19 heteroatoms. The number of aliphatic carboxylic acids is 1. The van der Waals surface area contributed by atoms with E-state index in [1.54, 1.807) is 39.4 Å². The van der Waals surface area contributed by atoms with Gasteiger partial charge in [0.05, 0.1) is 45.1 Å². The van der Waals surface area contributed by atoms with E-state index in [0.717, 1.165) is 5.70 Å². The highest BCUT2D eigenvalue weighted by molar-refractivity contribution is 7.86. The van der Waals surface area contributed by atoms with E-state index >= 15 is 0 Å². The molecule has 2 aromatic rings. The van der Waals surface area contributed by atoms with Crippen molar-refractivity contribution in [3.8, 4) is 0 Å².